The van der Waals surface area contributed by atoms with Crippen molar-refractivity contribution in [2.24, 2.45) is 0 Å². The third-order valence-electron chi connectivity index (χ3n) is 6.05. The average molecular weight is 440 g/mol. The van der Waals surface area contributed by atoms with Gasteiger partial charge in [0.05, 0.1) is 18.2 Å². The van der Waals surface area contributed by atoms with Gasteiger partial charge in [-0.3, -0.25) is 14.4 Å². The Morgan fingerprint density at radius 3 is 2.72 bits per heavy atom. The number of fused-ring (bicyclic) bond motifs is 1. The Morgan fingerprint density at radius 2 is 2.03 bits per heavy atom. The largest absolute Gasteiger partial charge is 0.486 e. The van der Waals surface area contributed by atoms with Crippen molar-refractivity contribution in [3.8, 4) is 11.5 Å². The lowest BCUT2D eigenvalue weighted by atomic mass is 9.82. The van der Waals surface area contributed by atoms with Crippen LogP contribution in [0.4, 0.5) is 0 Å². The molecule has 2 aliphatic heterocycles. The van der Waals surface area contributed by atoms with E-state index in [1.54, 1.807) is 36.3 Å². The van der Waals surface area contributed by atoms with Gasteiger partial charge < -0.3 is 24.1 Å². The van der Waals surface area contributed by atoms with Crippen molar-refractivity contribution < 1.29 is 28.3 Å². The quantitative estimate of drug-likeness (QED) is 0.742. The van der Waals surface area contributed by atoms with Gasteiger partial charge >= 0.3 is 0 Å². The standard InChI is InChI=1S/C24H28N2O6/c1-16(12-18-4-3-11-30-18)25-23(29)15-31-19-5-6-20-21(28)14-24(32-22(20)13-19)7-9-26(10-8-24)17(2)27/h3-6,11,13,16H,7-10,12,14-15H2,1-2H3,(H,25,29)/t16-/m1/s1. The molecule has 2 aliphatic rings. The topological polar surface area (TPSA) is 98.1 Å². The second kappa shape index (κ2) is 9.06. The van der Waals surface area contributed by atoms with Crippen LogP contribution in [-0.2, 0) is 16.0 Å². The number of piperidine rings is 1. The number of amides is 2. The second-order valence-electron chi connectivity index (χ2n) is 8.59. The van der Waals surface area contributed by atoms with Crippen molar-refractivity contribution in [1.82, 2.24) is 10.2 Å². The highest BCUT2D eigenvalue weighted by Crippen LogP contribution is 2.40. The van der Waals surface area contributed by atoms with E-state index in [9.17, 15) is 14.4 Å². The summed E-state index contributed by atoms with van der Waals surface area (Å²) < 4.78 is 17.2. The Labute approximate surface area is 186 Å². The molecule has 8 nitrogen and oxygen atoms in total. The highest BCUT2D eigenvalue weighted by atomic mass is 16.5. The van der Waals surface area contributed by atoms with E-state index >= 15 is 0 Å². The van der Waals surface area contributed by atoms with E-state index in [-0.39, 0.29) is 30.2 Å². The first kappa shape index (κ1) is 21.9. The molecule has 0 bridgehead atoms. The minimum absolute atomic E-state index is 0.0265. The van der Waals surface area contributed by atoms with Crippen molar-refractivity contribution >= 4 is 17.6 Å². The molecule has 2 aromatic rings. The van der Waals surface area contributed by atoms with Crippen LogP contribution in [0.25, 0.3) is 0 Å². The van der Waals surface area contributed by atoms with Crippen LogP contribution in [0.15, 0.2) is 41.0 Å². The van der Waals surface area contributed by atoms with Crippen LogP contribution < -0.4 is 14.8 Å². The lowest BCUT2D eigenvalue weighted by molar-refractivity contribution is -0.132. The summed E-state index contributed by atoms with van der Waals surface area (Å²) in [6.07, 6.45) is 3.73. The van der Waals surface area contributed by atoms with Crippen LogP contribution >= 0.6 is 0 Å². The predicted molar refractivity (Wildman–Crippen MR) is 116 cm³/mol. The van der Waals surface area contributed by atoms with Gasteiger partial charge in [0.15, 0.2) is 12.4 Å². The minimum atomic E-state index is -0.590. The summed E-state index contributed by atoms with van der Waals surface area (Å²) >= 11 is 0. The monoisotopic (exact) mass is 440 g/mol. The molecule has 2 amide bonds. The molecule has 0 aliphatic carbocycles. The number of carbonyl (C=O) groups excluding carboxylic acids is 3. The predicted octanol–water partition coefficient (Wildman–Crippen LogP) is 2.75. The highest BCUT2D eigenvalue weighted by molar-refractivity contribution is 6.00. The van der Waals surface area contributed by atoms with Gasteiger partial charge in [0.1, 0.15) is 22.9 Å². The maximum atomic E-state index is 12.7. The fraction of sp³-hybridized carbons (Fsp3) is 0.458. The third kappa shape index (κ3) is 4.95. The number of nitrogens with one attached hydrogen (secondary N) is 1. The first-order chi connectivity index (χ1) is 15.3. The molecule has 0 unspecified atom stereocenters. The molecule has 8 heteroatoms. The molecule has 170 valence electrons. The number of likely N-dealkylation sites (tertiary alicyclic amines) is 1. The summed E-state index contributed by atoms with van der Waals surface area (Å²) in [6.45, 7) is 4.45. The normalized spacial score (nSPS) is 17.9. The van der Waals surface area contributed by atoms with Gasteiger partial charge in [-0.05, 0) is 31.2 Å². The number of benzene rings is 1. The molecule has 0 radical (unpaired) electrons. The zero-order valence-corrected chi connectivity index (χ0v) is 18.4. The lowest BCUT2D eigenvalue weighted by Crippen LogP contribution is -2.51. The van der Waals surface area contributed by atoms with E-state index in [0.717, 1.165) is 5.76 Å². The third-order valence-corrected chi connectivity index (χ3v) is 6.05. The summed E-state index contributed by atoms with van der Waals surface area (Å²) in [5.41, 5.74) is -0.0682. The van der Waals surface area contributed by atoms with E-state index in [0.29, 0.717) is 55.8 Å². The molecule has 4 rings (SSSR count). The van der Waals surface area contributed by atoms with Crippen LogP contribution in [0.5, 0.6) is 11.5 Å². The molecule has 1 aromatic heterocycles. The Morgan fingerprint density at radius 1 is 1.25 bits per heavy atom. The molecular weight excluding hydrogens is 412 g/mol. The fourth-order valence-corrected chi connectivity index (χ4v) is 4.32. The SMILES string of the molecule is CC(=O)N1CCC2(CC1)CC(=O)c1ccc(OCC(=O)N[C@H](C)Cc3ccco3)cc1O2. The Kier molecular flexibility index (Phi) is 6.21. The fourth-order valence-electron chi connectivity index (χ4n) is 4.32. The Balaban J connectivity index is 1.35. The number of ketones is 1. The number of ether oxygens (including phenoxy) is 2. The summed E-state index contributed by atoms with van der Waals surface area (Å²) in [4.78, 5) is 38.4. The molecule has 1 spiro atoms. The van der Waals surface area contributed by atoms with Crippen molar-refractivity contribution in [2.75, 3.05) is 19.7 Å². The first-order valence-electron chi connectivity index (χ1n) is 10.9. The van der Waals surface area contributed by atoms with E-state index < -0.39 is 5.60 Å². The van der Waals surface area contributed by atoms with Crippen molar-refractivity contribution in [2.45, 2.75) is 51.2 Å². The van der Waals surface area contributed by atoms with Gasteiger partial charge in [-0.2, -0.15) is 0 Å². The smallest absolute Gasteiger partial charge is 0.258 e. The summed E-state index contributed by atoms with van der Waals surface area (Å²) in [7, 11) is 0. The molecule has 0 saturated carbocycles. The molecule has 1 N–H and O–H groups in total. The average Bonchev–Trinajstić information content (AvgIpc) is 3.25. The maximum Gasteiger partial charge on any atom is 0.258 e. The van der Waals surface area contributed by atoms with E-state index in [2.05, 4.69) is 5.32 Å². The number of nitrogens with zero attached hydrogens (tertiary/aromatic N) is 1. The van der Waals surface area contributed by atoms with Gasteiger partial charge in [0.2, 0.25) is 5.91 Å². The Hall–Kier alpha value is -3.29. The van der Waals surface area contributed by atoms with Gasteiger partial charge in [0, 0.05) is 51.4 Å². The number of Topliss-reactive ketones (excluding diaryl/α,β-unsaturated/α-hetero) is 1. The first-order valence-corrected chi connectivity index (χ1v) is 10.9. The van der Waals surface area contributed by atoms with Gasteiger partial charge in [-0.25, -0.2) is 0 Å². The van der Waals surface area contributed by atoms with Crippen molar-refractivity contribution in [3.63, 3.8) is 0 Å². The van der Waals surface area contributed by atoms with Crippen LogP contribution in [-0.4, -0.2) is 53.8 Å². The molecule has 1 fully saturated rings. The highest BCUT2D eigenvalue weighted by Gasteiger charge is 2.43. The van der Waals surface area contributed by atoms with Crippen LogP contribution in [0.3, 0.4) is 0 Å². The van der Waals surface area contributed by atoms with E-state index in [1.165, 1.54) is 0 Å². The molecule has 1 atom stereocenters. The zero-order chi connectivity index (χ0) is 22.7. The molecule has 1 saturated heterocycles. The number of carbonyl (C=O) groups is 3. The van der Waals surface area contributed by atoms with E-state index in [4.69, 9.17) is 13.9 Å². The summed E-state index contributed by atoms with van der Waals surface area (Å²) in [5.74, 6) is 1.56. The number of hydrogen-bond acceptors (Lipinski definition) is 6. The van der Waals surface area contributed by atoms with Crippen molar-refractivity contribution in [3.05, 3.63) is 47.9 Å². The lowest BCUT2D eigenvalue weighted by Gasteiger charge is -2.43. The number of furan rings is 1. The zero-order valence-electron chi connectivity index (χ0n) is 18.4. The molecule has 1 aromatic carbocycles. The molecule has 32 heavy (non-hydrogen) atoms. The summed E-state index contributed by atoms with van der Waals surface area (Å²) in [5, 5.41) is 2.88. The van der Waals surface area contributed by atoms with Crippen LogP contribution in [0, 0.1) is 0 Å². The molecular formula is C24H28N2O6. The van der Waals surface area contributed by atoms with E-state index in [1.807, 2.05) is 19.1 Å². The Bertz CT molecular complexity index is 992. The van der Waals surface area contributed by atoms with Crippen LogP contribution in [0.2, 0.25) is 0 Å². The van der Waals surface area contributed by atoms with Crippen molar-refractivity contribution in [1.29, 1.82) is 0 Å². The number of rotatable bonds is 6. The minimum Gasteiger partial charge on any atom is -0.486 e. The van der Waals surface area contributed by atoms with Gasteiger partial charge in [-0.15, -0.1) is 0 Å². The number of hydrogen-bond donors (Lipinski definition) is 1. The summed E-state index contributed by atoms with van der Waals surface area (Å²) in [6, 6.07) is 8.61. The second-order valence-corrected chi connectivity index (χ2v) is 8.59. The van der Waals surface area contributed by atoms with Gasteiger partial charge in [-0.1, -0.05) is 0 Å². The molecule has 3 heterocycles. The van der Waals surface area contributed by atoms with Gasteiger partial charge in [0.25, 0.3) is 5.91 Å². The van der Waals surface area contributed by atoms with Crippen LogP contribution in [0.1, 0.15) is 49.2 Å². The maximum absolute atomic E-state index is 12.7.